The molecule has 1 amide bonds. The van der Waals surface area contributed by atoms with Gasteiger partial charge in [-0.2, -0.15) is 0 Å². The van der Waals surface area contributed by atoms with Crippen LogP contribution < -0.4 is 10.5 Å². The smallest absolute Gasteiger partial charge is 0.261 e. The van der Waals surface area contributed by atoms with E-state index >= 15 is 0 Å². The second kappa shape index (κ2) is 6.15. The van der Waals surface area contributed by atoms with Crippen molar-refractivity contribution in [2.75, 3.05) is 0 Å². The van der Waals surface area contributed by atoms with Crippen molar-refractivity contribution in [1.29, 1.82) is 0 Å². The summed E-state index contributed by atoms with van der Waals surface area (Å²) in [5.41, 5.74) is 0.776. The van der Waals surface area contributed by atoms with Gasteiger partial charge in [0, 0.05) is 0 Å². The first-order chi connectivity index (χ1) is 9.77. The molecule has 2 aromatic rings. The minimum atomic E-state index is -3.71. The van der Waals surface area contributed by atoms with Crippen molar-refractivity contribution in [1.82, 2.24) is 5.32 Å². The van der Waals surface area contributed by atoms with Crippen LogP contribution in [0.1, 0.15) is 28.2 Å². The first kappa shape index (κ1) is 16.0. The quantitative estimate of drug-likeness (QED) is 0.893. The third-order valence-electron chi connectivity index (χ3n) is 2.85. The fourth-order valence-corrected chi connectivity index (χ4v) is 3.20. The fraction of sp³-hybridized carbons (Fsp3) is 0.154. The van der Waals surface area contributed by atoms with E-state index in [0.717, 1.165) is 5.56 Å². The van der Waals surface area contributed by atoms with Crippen molar-refractivity contribution in [2.45, 2.75) is 17.9 Å². The summed E-state index contributed by atoms with van der Waals surface area (Å²) in [6.07, 6.45) is 0. The van der Waals surface area contributed by atoms with Gasteiger partial charge in [-0.3, -0.25) is 4.79 Å². The number of rotatable bonds is 4. The Hall–Kier alpha value is -1.41. The standard InChI is InChI=1S/C13H13ClN2O3S2/c1-8(16-13(17)11-6-7-12(14)20-11)9-2-4-10(5-3-9)21(15,18)19/h2-8H,1H3,(H,16,17)(H2,15,18,19). The largest absolute Gasteiger partial charge is 0.345 e. The average molecular weight is 345 g/mol. The number of amides is 1. The molecule has 0 radical (unpaired) electrons. The van der Waals surface area contributed by atoms with E-state index in [9.17, 15) is 13.2 Å². The Balaban J connectivity index is 2.10. The number of halogens is 1. The first-order valence-electron chi connectivity index (χ1n) is 5.96. The van der Waals surface area contributed by atoms with Crippen LogP contribution in [0.15, 0.2) is 41.3 Å². The highest BCUT2D eigenvalue weighted by Crippen LogP contribution is 2.22. The normalized spacial score (nSPS) is 12.9. The lowest BCUT2D eigenvalue weighted by Gasteiger charge is -2.14. The van der Waals surface area contributed by atoms with Crippen LogP contribution >= 0.6 is 22.9 Å². The number of hydrogen-bond donors (Lipinski definition) is 2. The summed E-state index contributed by atoms with van der Waals surface area (Å²) < 4.78 is 22.9. The molecule has 0 spiro atoms. The Morgan fingerprint density at radius 2 is 1.86 bits per heavy atom. The van der Waals surface area contributed by atoms with Crippen LogP contribution in [0.25, 0.3) is 0 Å². The summed E-state index contributed by atoms with van der Waals surface area (Å²) in [7, 11) is -3.71. The molecule has 5 nitrogen and oxygen atoms in total. The van der Waals surface area contributed by atoms with Gasteiger partial charge in [-0.1, -0.05) is 23.7 Å². The maximum absolute atomic E-state index is 12.0. The van der Waals surface area contributed by atoms with Gasteiger partial charge in [0.05, 0.1) is 20.2 Å². The van der Waals surface area contributed by atoms with E-state index in [0.29, 0.717) is 9.21 Å². The van der Waals surface area contributed by atoms with Crippen molar-refractivity contribution in [3.05, 3.63) is 51.2 Å². The Morgan fingerprint density at radius 3 is 2.33 bits per heavy atom. The van der Waals surface area contributed by atoms with Crippen LogP contribution in [0.5, 0.6) is 0 Å². The summed E-state index contributed by atoms with van der Waals surface area (Å²) in [6, 6.07) is 9.10. The maximum atomic E-state index is 12.0. The molecule has 8 heteroatoms. The number of primary sulfonamides is 1. The summed E-state index contributed by atoms with van der Waals surface area (Å²) in [5, 5.41) is 7.85. The van der Waals surface area contributed by atoms with E-state index in [1.54, 1.807) is 31.2 Å². The lowest BCUT2D eigenvalue weighted by molar-refractivity contribution is 0.0944. The monoisotopic (exact) mass is 344 g/mol. The molecule has 1 unspecified atom stereocenters. The molecule has 0 aliphatic carbocycles. The Bertz CT molecular complexity index is 754. The summed E-state index contributed by atoms with van der Waals surface area (Å²) in [5.74, 6) is -0.227. The maximum Gasteiger partial charge on any atom is 0.261 e. The van der Waals surface area contributed by atoms with Gasteiger partial charge in [0.15, 0.2) is 0 Å². The van der Waals surface area contributed by atoms with Crippen LogP contribution in [-0.2, 0) is 10.0 Å². The molecule has 3 N–H and O–H groups in total. The molecule has 0 bridgehead atoms. The number of carbonyl (C=O) groups is 1. The van der Waals surface area contributed by atoms with E-state index in [1.807, 2.05) is 0 Å². The van der Waals surface area contributed by atoms with Crippen LogP contribution in [0.3, 0.4) is 0 Å². The van der Waals surface area contributed by atoms with Crippen LogP contribution in [0, 0.1) is 0 Å². The number of benzene rings is 1. The predicted octanol–water partition coefficient (Wildman–Crippen LogP) is 2.54. The fourth-order valence-electron chi connectivity index (χ4n) is 1.73. The second-order valence-corrected chi connectivity index (χ2v) is 7.69. The average Bonchev–Trinajstić information content (AvgIpc) is 2.84. The molecule has 0 saturated carbocycles. The van der Waals surface area contributed by atoms with E-state index in [2.05, 4.69) is 5.32 Å². The third-order valence-corrected chi connectivity index (χ3v) is 5.01. The Labute approximate surface area is 131 Å². The second-order valence-electron chi connectivity index (χ2n) is 4.41. The minimum Gasteiger partial charge on any atom is -0.345 e. The van der Waals surface area contributed by atoms with Crippen LogP contribution in [0.4, 0.5) is 0 Å². The molecule has 1 aromatic carbocycles. The Kier molecular flexibility index (Phi) is 4.67. The third kappa shape index (κ3) is 4.04. The van der Waals surface area contributed by atoms with Crippen molar-refractivity contribution in [3.63, 3.8) is 0 Å². The van der Waals surface area contributed by atoms with Gasteiger partial charge in [-0.05, 0) is 36.8 Å². The zero-order valence-electron chi connectivity index (χ0n) is 11.0. The molecule has 0 aliphatic heterocycles. The number of sulfonamides is 1. The van der Waals surface area contributed by atoms with E-state index in [4.69, 9.17) is 16.7 Å². The number of hydrogen-bond acceptors (Lipinski definition) is 4. The van der Waals surface area contributed by atoms with Crippen LogP contribution in [0.2, 0.25) is 4.34 Å². The molecule has 1 atom stereocenters. The number of nitrogens with two attached hydrogens (primary N) is 1. The highest BCUT2D eigenvalue weighted by Gasteiger charge is 2.14. The zero-order valence-corrected chi connectivity index (χ0v) is 13.4. The van der Waals surface area contributed by atoms with Crippen LogP contribution in [-0.4, -0.2) is 14.3 Å². The molecule has 1 aromatic heterocycles. The van der Waals surface area contributed by atoms with Gasteiger partial charge in [0.2, 0.25) is 10.0 Å². The van der Waals surface area contributed by atoms with Gasteiger partial charge < -0.3 is 5.32 Å². The highest BCUT2D eigenvalue weighted by molar-refractivity contribution is 7.89. The molecular weight excluding hydrogens is 332 g/mol. The van der Waals surface area contributed by atoms with Crippen molar-refractivity contribution < 1.29 is 13.2 Å². The SMILES string of the molecule is CC(NC(=O)c1ccc(Cl)s1)c1ccc(S(N)(=O)=O)cc1. The van der Waals surface area contributed by atoms with Gasteiger partial charge in [0.25, 0.3) is 5.91 Å². The molecule has 0 aliphatic rings. The lowest BCUT2D eigenvalue weighted by Crippen LogP contribution is -2.25. The van der Waals surface area contributed by atoms with E-state index in [-0.39, 0.29) is 16.8 Å². The van der Waals surface area contributed by atoms with Crippen molar-refractivity contribution >= 4 is 38.9 Å². The van der Waals surface area contributed by atoms with Crippen molar-refractivity contribution in [3.8, 4) is 0 Å². The molecule has 112 valence electrons. The molecule has 0 fully saturated rings. The van der Waals surface area contributed by atoms with E-state index < -0.39 is 10.0 Å². The summed E-state index contributed by atoms with van der Waals surface area (Å²) in [6.45, 7) is 1.80. The van der Waals surface area contributed by atoms with Gasteiger partial charge in [-0.25, -0.2) is 13.6 Å². The van der Waals surface area contributed by atoms with Gasteiger partial charge in [-0.15, -0.1) is 11.3 Å². The van der Waals surface area contributed by atoms with Gasteiger partial charge in [0.1, 0.15) is 0 Å². The lowest BCUT2D eigenvalue weighted by atomic mass is 10.1. The summed E-state index contributed by atoms with van der Waals surface area (Å²) >= 11 is 6.98. The highest BCUT2D eigenvalue weighted by atomic mass is 35.5. The molecule has 2 rings (SSSR count). The molecule has 0 saturated heterocycles. The first-order valence-corrected chi connectivity index (χ1v) is 8.70. The minimum absolute atomic E-state index is 0.0369. The number of thiophene rings is 1. The van der Waals surface area contributed by atoms with Gasteiger partial charge >= 0.3 is 0 Å². The van der Waals surface area contributed by atoms with E-state index in [1.165, 1.54) is 23.5 Å². The topological polar surface area (TPSA) is 89.3 Å². The molecule has 1 heterocycles. The number of carbonyl (C=O) groups excluding carboxylic acids is 1. The molecular formula is C13H13ClN2O3S2. The number of nitrogens with one attached hydrogen (secondary N) is 1. The summed E-state index contributed by atoms with van der Waals surface area (Å²) in [4.78, 5) is 12.6. The predicted molar refractivity (Wildman–Crippen MR) is 83.0 cm³/mol. The zero-order chi connectivity index (χ0) is 15.6. The Morgan fingerprint density at radius 1 is 1.24 bits per heavy atom. The molecule has 21 heavy (non-hydrogen) atoms. The van der Waals surface area contributed by atoms with Crippen molar-refractivity contribution in [2.24, 2.45) is 5.14 Å².